The second kappa shape index (κ2) is 4.88. The van der Waals surface area contributed by atoms with Gasteiger partial charge >= 0.3 is 0 Å². The molecule has 2 nitrogen and oxygen atoms in total. The molecule has 3 aromatic rings. The zero-order chi connectivity index (χ0) is 13.2. The maximum Gasteiger partial charge on any atom is 0.114 e. The first kappa shape index (κ1) is 12.0. The number of imidazole rings is 1. The Morgan fingerprint density at radius 2 is 1.84 bits per heavy atom. The lowest BCUT2D eigenvalue weighted by atomic mass is 10.2. The summed E-state index contributed by atoms with van der Waals surface area (Å²) in [5, 5.41) is 0. The van der Waals surface area contributed by atoms with Crippen LogP contribution in [0.3, 0.4) is 0 Å². The minimum absolute atomic E-state index is 1.00. The Morgan fingerprint density at radius 3 is 2.58 bits per heavy atom. The van der Waals surface area contributed by atoms with Crippen LogP contribution in [0.5, 0.6) is 0 Å². The number of fused-ring (bicyclic) bond motifs is 1. The highest BCUT2D eigenvalue weighted by Gasteiger charge is 2.11. The molecule has 96 valence electrons. The van der Waals surface area contributed by atoms with Crippen LogP contribution in [-0.2, 0) is 6.42 Å². The van der Waals surface area contributed by atoms with Crippen molar-refractivity contribution in [3.05, 3.63) is 59.9 Å². The van der Waals surface area contributed by atoms with Crippen LogP contribution in [0.2, 0.25) is 0 Å². The van der Waals surface area contributed by atoms with Gasteiger partial charge in [-0.05, 0) is 43.2 Å². The Kier molecular flexibility index (Phi) is 3.08. The van der Waals surface area contributed by atoms with Crippen LogP contribution in [0.4, 0.5) is 0 Å². The molecule has 1 aromatic heterocycles. The molecule has 0 N–H and O–H groups in total. The van der Waals surface area contributed by atoms with E-state index in [-0.39, 0.29) is 0 Å². The van der Waals surface area contributed by atoms with Crippen LogP contribution in [0, 0.1) is 6.92 Å². The van der Waals surface area contributed by atoms with Gasteiger partial charge in [0.1, 0.15) is 5.82 Å². The van der Waals surface area contributed by atoms with Gasteiger partial charge in [0.15, 0.2) is 0 Å². The minimum atomic E-state index is 1.00. The fourth-order valence-electron chi connectivity index (χ4n) is 2.49. The standard InChI is InChI=1S/C17H18N2/c1-3-7-17-18-15-11-10-13(2)12-16(15)19(17)14-8-5-4-6-9-14/h4-6,8-12H,3,7H2,1-2H3. The van der Waals surface area contributed by atoms with E-state index < -0.39 is 0 Å². The van der Waals surface area contributed by atoms with Gasteiger partial charge in [-0.1, -0.05) is 31.2 Å². The van der Waals surface area contributed by atoms with Crippen molar-refractivity contribution in [1.82, 2.24) is 9.55 Å². The van der Waals surface area contributed by atoms with Gasteiger partial charge in [0.25, 0.3) is 0 Å². The summed E-state index contributed by atoms with van der Waals surface area (Å²) in [4.78, 5) is 4.78. The van der Waals surface area contributed by atoms with Crippen LogP contribution in [0.1, 0.15) is 24.7 Å². The molecule has 1 heterocycles. The van der Waals surface area contributed by atoms with Gasteiger partial charge in [-0.2, -0.15) is 0 Å². The van der Waals surface area contributed by atoms with E-state index in [1.807, 2.05) is 6.07 Å². The molecular formula is C17H18N2. The molecule has 0 bridgehead atoms. The molecule has 0 aliphatic rings. The number of hydrogen-bond donors (Lipinski definition) is 0. The zero-order valence-electron chi connectivity index (χ0n) is 11.4. The molecule has 0 saturated carbocycles. The predicted molar refractivity (Wildman–Crippen MR) is 79.8 cm³/mol. The summed E-state index contributed by atoms with van der Waals surface area (Å²) >= 11 is 0. The summed E-state index contributed by atoms with van der Waals surface area (Å²) in [5.74, 6) is 1.15. The van der Waals surface area contributed by atoms with Crippen LogP contribution >= 0.6 is 0 Å². The van der Waals surface area contributed by atoms with Crippen molar-refractivity contribution in [2.24, 2.45) is 0 Å². The molecule has 0 amide bonds. The number of benzene rings is 2. The SMILES string of the molecule is CCCc1nc2ccc(C)cc2n1-c1ccccc1. The first-order chi connectivity index (χ1) is 9.29. The van der Waals surface area contributed by atoms with Gasteiger partial charge in [0.2, 0.25) is 0 Å². The Labute approximate surface area is 113 Å². The number of nitrogens with zero attached hydrogens (tertiary/aromatic N) is 2. The highest BCUT2D eigenvalue weighted by atomic mass is 15.1. The predicted octanol–water partition coefficient (Wildman–Crippen LogP) is 4.29. The maximum atomic E-state index is 4.78. The summed E-state index contributed by atoms with van der Waals surface area (Å²) in [6.07, 6.45) is 2.11. The molecule has 0 unspecified atom stereocenters. The van der Waals surface area contributed by atoms with E-state index in [1.165, 1.54) is 16.8 Å². The molecule has 0 aliphatic heterocycles. The Balaban J connectivity index is 2.30. The van der Waals surface area contributed by atoms with E-state index in [0.717, 1.165) is 24.2 Å². The first-order valence-corrected chi connectivity index (χ1v) is 6.83. The largest absolute Gasteiger partial charge is 0.296 e. The second-order valence-electron chi connectivity index (χ2n) is 4.94. The van der Waals surface area contributed by atoms with E-state index >= 15 is 0 Å². The fourth-order valence-corrected chi connectivity index (χ4v) is 2.49. The van der Waals surface area contributed by atoms with Crippen LogP contribution < -0.4 is 0 Å². The minimum Gasteiger partial charge on any atom is -0.296 e. The lowest BCUT2D eigenvalue weighted by molar-refractivity contribution is 0.818. The molecule has 3 rings (SSSR count). The highest BCUT2D eigenvalue weighted by molar-refractivity contribution is 5.79. The molecule has 2 heteroatoms. The number of hydrogen-bond acceptors (Lipinski definition) is 1. The summed E-state index contributed by atoms with van der Waals surface area (Å²) < 4.78 is 2.28. The third kappa shape index (κ3) is 2.14. The van der Waals surface area contributed by atoms with Crippen molar-refractivity contribution in [3.63, 3.8) is 0 Å². The number of rotatable bonds is 3. The van der Waals surface area contributed by atoms with Gasteiger partial charge in [-0.25, -0.2) is 4.98 Å². The van der Waals surface area contributed by atoms with Gasteiger partial charge in [-0.3, -0.25) is 4.57 Å². The summed E-state index contributed by atoms with van der Waals surface area (Å²) in [6, 6.07) is 16.9. The van der Waals surface area contributed by atoms with Crippen molar-refractivity contribution in [2.75, 3.05) is 0 Å². The van der Waals surface area contributed by atoms with Gasteiger partial charge in [-0.15, -0.1) is 0 Å². The van der Waals surface area contributed by atoms with Crippen molar-refractivity contribution >= 4 is 11.0 Å². The normalized spacial score (nSPS) is 11.1. The highest BCUT2D eigenvalue weighted by Crippen LogP contribution is 2.23. The molecule has 0 radical (unpaired) electrons. The van der Waals surface area contributed by atoms with Crippen molar-refractivity contribution < 1.29 is 0 Å². The molecule has 0 fully saturated rings. The maximum absolute atomic E-state index is 4.78. The second-order valence-corrected chi connectivity index (χ2v) is 4.94. The molecule has 2 aromatic carbocycles. The Morgan fingerprint density at radius 1 is 1.05 bits per heavy atom. The summed E-state index contributed by atoms with van der Waals surface area (Å²) in [6.45, 7) is 4.32. The van der Waals surface area contributed by atoms with Crippen molar-refractivity contribution in [3.8, 4) is 5.69 Å². The molecular weight excluding hydrogens is 232 g/mol. The van der Waals surface area contributed by atoms with E-state index in [0.29, 0.717) is 0 Å². The quantitative estimate of drug-likeness (QED) is 0.678. The van der Waals surface area contributed by atoms with Crippen LogP contribution in [-0.4, -0.2) is 9.55 Å². The molecule has 0 saturated heterocycles. The monoisotopic (exact) mass is 250 g/mol. The van der Waals surface area contributed by atoms with Gasteiger partial charge in [0, 0.05) is 12.1 Å². The van der Waals surface area contributed by atoms with Gasteiger partial charge < -0.3 is 0 Å². The Hall–Kier alpha value is -2.09. The fraction of sp³-hybridized carbons (Fsp3) is 0.235. The van der Waals surface area contributed by atoms with E-state index in [1.54, 1.807) is 0 Å². The van der Waals surface area contributed by atoms with Crippen LogP contribution in [0.15, 0.2) is 48.5 Å². The molecule has 0 spiro atoms. The average Bonchev–Trinajstić information content (AvgIpc) is 2.77. The average molecular weight is 250 g/mol. The zero-order valence-corrected chi connectivity index (χ0v) is 11.4. The molecule has 19 heavy (non-hydrogen) atoms. The van der Waals surface area contributed by atoms with E-state index in [2.05, 4.69) is 60.9 Å². The number of aryl methyl sites for hydroxylation is 2. The van der Waals surface area contributed by atoms with Gasteiger partial charge in [0.05, 0.1) is 11.0 Å². The smallest absolute Gasteiger partial charge is 0.114 e. The number of para-hydroxylation sites is 1. The van der Waals surface area contributed by atoms with Crippen molar-refractivity contribution in [1.29, 1.82) is 0 Å². The van der Waals surface area contributed by atoms with Crippen LogP contribution in [0.25, 0.3) is 16.7 Å². The topological polar surface area (TPSA) is 17.8 Å². The molecule has 0 atom stereocenters. The lowest BCUT2D eigenvalue weighted by Gasteiger charge is -2.08. The van der Waals surface area contributed by atoms with E-state index in [4.69, 9.17) is 4.98 Å². The first-order valence-electron chi connectivity index (χ1n) is 6.83. The molecule has 0 aliphatic carbocycles. The number of aromatic nitrogens is 2. The van der Waals surface area contributed by atoms with Crippen molar-refractivity contribution in [2.45, 2.75) is 26.7 Å². The lowest BCUT2D eigenvalue weighted by Crippen LogP contribution is -2.00. The van der Waals surface area contributed by atoms with E-state index in [9.17, 15) is 0 Å². The summed E-state index contributed by atoms with van der Waals surface area (Å²) in [5.41, 5.74) is 4.75. The third-order valence-corrected chi connectivity index (χ3v) is 3.37. The Bertz CT molecular complexity index is 696. The summed E-state index contributed by atoms with van der Waals surface area (Å²) in [7, 11) is 0. The third-order valence-electron chi connectivity index (χ3n) is 3.37.